The lowest BCUT2D eigenvalue weighted by Gasteiger charge is -2.12. The molecule has 0 aliphatic carbocycles. The third-order valence-corrected chi connectivity index (χ3v) is 3.16. The highest BCUT2D eigenvalue weighted by Gasteiger charge is 2.12. The predicted molar refractivity (Wildman–Crippen MR) is 74.0 cm³/mol. The van der Waals surface area contributed by atoms with Crippen LogP contribution >= 0.6 is 0 Å². The predicted octanol–water partition coefficient (Wildman–Crippen LogP) is 4.55. The highest BCUT2D eigenvalue weighted by Crippen LogP contribution is 2.25. The zero-order valence-electron chi connectivity index (χ0n) is 11.3. The van der Waals surface area contributed by atoms with Crippen LogP contribution in [0.3, 0.4) is 0 Å². The summed E-state index contributed by atoms with van der Waals surface area (Å²) >= 11 is 0. The summed E-state index contributed by atoms with van der Waals surface area (Å²) in [4.78, 5) is 12.0. The van der Waals surface area contributed by atoms with Crippen molar-refractivity contribution in [3.05, 3.63) is 41.0 Å². The highest BCUT2D eigenvalue weighted by atomic mass is 16.1. The van der Waals surface area contributed by atoms with E-state index in [-0.39, 0.29) is 5.78 Å². The molecule has 92 valence electrons. The van der Waals surface area contributed by atoms with E-state index in [1.807, 2.05) is 19.1 Å². The molecule has 0 N–H and O–H groups in total. The van der Waals surface area contributed by atoms with E-state index in [0.717, 1.165) is 24.0 Å². The fraction of sp³-hybridized carbons (Fsp3) is 0.438. The molecule has 0 amide bonds. The van der Waals surface area contributed by atoms with Gasteiger partial charge in [0.15, 0.2) is 5.78 Å². The Morgan fingerprint density at radius 2 is 1.82 bits per heavy atom. The first-order valence-electron chi connectivity index (χ1n) is 6.40. The zero-order chi connectivity index (χ0) is 12.8. The van der Waals surface area contributed by atoms with Gasteiger partial charge < -0.3 is 0 Å². The van der Waals surface area contributed by atoms with Crippen LogP contribution in [0.4, 0.5) is 0 Å². The van der Waals surface area contributed by atoms with Crippen LogP contribution in [0.15, 0.2) is 29.8 Å². The van der Waals surface area contributed by atoms with Crippen LogP contribution < -0.4 is 0 Å². The van der Waals surface area contributed by atoms with Crippen molar-refractivity contribution in [2.24, 2.45) is 0 Å². The van der Waals surface area contributed by atoms with Crippen LogP contribution in [0.1, 0.15) is 51.2 Å². The second-order valence-corrected chi connectivity index (χ2v) is 4.45. The molecule has 0 radical (unpaired) electrons. The maximum Gasteiger partial charge on any atom is 0.158 e. The smallest absolute Gasteiger partial charge is 0.158 e. The Morgan fingerprint density at radius 3 is 2.35 bits per heavy atom. The van der Waals surface area contributed by atoms with Crippen LogP contribution in [0.5, 0.6) is 0 Å². The van der Waals surface area contributed by atoms with Gasteiger partial charge in [-0.25, -0.2) is 0 Å². The molecule has 0 spiro atoms. The van der Waals surface area contributed by atoms with E-state index < -0.39 is 0 Å². The molecule has 1 heteroatoms. The van der Waals surface area contributed by atoms with Gasteiger partial charge in [0.05, 0.1) is 0 Å². The molecule has 0 heterocycles. The molecule has 0 fully saturated rings. The van der Waals surface area contributed by atoms with Crippen molar-refractivity contribution < 1.29 is 4.79 Å². The quantitative estimate of drug-likeness (QED) is 0.678. The molecule has 0 atom stereocenters. The Bertz CT molecular complexity index is 427. The molecular weight excluding hydrogens is 208 g/mol. The van der Waals surface area contributed by atoms with Crippen molar-refractivity contribution >= 4 is 11.4 Å². The number of allylic oxidation sites excluding steroid dienone is 2. The van der Waals surface area contributed by atoms with Crippen molar-refractivity contribution in [1.29, 1.82) is 0 Å². The summed E-state index contributed by atoms with van der Waals surface area (Å²) in [5.41, 5.74) is 4.60. The fourth-order valence-electron chi connectivity index (χ4n) is 2.16. The molecule has 1 nitrogen and oxygen atoms in total. The Kier molecular flexibility index (Phi) is 5.14. The molecule has 1 aromatic rings. The zero-order valence-corrected chi connectivity index (χ0v) is 11.3. The van der Waals surface area contributed by atoms with Crippen molar-refractivity contribution in [1.82, 2.24) is 0 Å². The fourth-order valence-corrected chi connectivity index (χ4v) is 2.16. The third-order valence-electron chi connectivity index (χ3n) is 3.16. The average molecular weight is 230 g/mol. The average Bonchev–Trinajstić information content (AvgIpc) is 2.35. The van der Waals surface area contributed by atoms with Crippen LogP contribution in [0, 0.1) is 6.92 Å². The second-order valence-electron chi connectivity index (χ2n) is 4.45. The number of Topliss-reactive ketones (excluding diaryl/α,β-unsaturated/α-hetero) is 1. The Balaban J connectivity index is 3.24. The lowest BCUT2D eigenvalue weighted by Crippen LogP contribution is -2.04. The van der Waals surface area contributed by atoms with E-state index in [9.17, 15) is 4.79 Å². The molecule has 0 aliphatic rings. The Morgan fingerprint density at radius 1 is 1.18 bits per heavy atom. The van der Waals surface area contributed by atoms with Crippen LogP contribution in [0.25, 0.3) is 5.57 Å². The van der Waals surface area contributed by atoms with Gasteiger partial charge in [-0.2, -0.15) is 0 Å². The number of benzene rings is 1. The first-order chi connectivity index (χ1) is 8.11. The van der Waals surface area contributed by atoms with Crippen molar-refractivity contribution in [3.63, 3.8) is 0 Å². The number of aryl methyl sites for hydroxylation is 1. The van der Waals surface area contributed by atoms with Gasteiger partial charge in [0.2, 0.25) is 0 Å². The number of carbonyl (C=O) groups excluding carboxylic acids is 1. The van der Waals surface area contributed by atoms with Gasteiger partial charge in [-0.3, -0.25) is 4.79 Å². The largest absolute Gasteiger partial charge is 0.295 e. The molecule has 0 saturated heterocycles. The molecular formula is C16H22O. The number of rotatable bonds is 5. The number of ketones is 1. The first-order valence-corrected chi connectivity index (χ1v) is 6.40. The molecule has 0 aromatic heterocycles. The van der Waals surface area contributed by atoms with Crippen LogP contribution in [0.2, 0.25) is 0 Å². The summed E-state index contributed by atoms with van der Waals surface area (Å²) in [7, 11) is 0. The van der Waals surface area contributed by atoms with Gasteiger partial charge in [-0.1, -0.05) is 44.5 Å². The molecule has 0 saturated carbocycles. The molecule has 0 unspecified atom stereocenters. The summed E-state index contributed by atoms with van der Waals surface area (Å²) in [6.45, 7) is 8.22. The number of carbonyl (C=O) groups is 1. The van der Waals surface area contributed by atoms with Crippen LogP contribution in [-0.4, -0.2) is 5.78 Å². The van der Waals surface area contributed by atoms with Gasteiger partial charge in [0.1, 0.15) is 0 Å². The summed E-state index contributed by atoms with van der Waals surface area (Å²) in [6.07, 6.45) is 2.50. The van der Waals surface area contributed by atoms with E-state index in [1.54, 1.807) is 0 Å². The Labute approximate surface area is 105 Å². The summed E-state index contributed by atoms with van der Waals surface area (Å²) in [5, 5.41) is 0. The monoisotopic (exact) mass is 230 g/mol. The van der Waals surface area contributed by atoms with Gasteiger partial charge >= 0.3 is 0 Å². The van der Waals surface area contributed by atoms with E-state index >= 15 is 0 Å². The van der Waals surface area contributed by atoms with E-state index in [0.29, 0.717) is 6.42 Å². The number of hydrogen-bond donors (Lipinski definition) is 0. The summed E-state index contributed by atoms with van der Waals surface area (Å²) < 4.78 is 0. The van der Waals surface area contributed by atoms with Crippen molar-refractivity contribution in [3.8, 4) is 0 Å². The molecule has 0 aliphatic heterocycles. The lowest BCUT2D eigenvalue weighted by molar-refractivity contribution is -0.115. The first kappa shape index (κ1) is 13.7. The Hall–Kier alpha value is -1.37. The minimum absolute atomic E-state index is 0.285. The molecule has 1 rings (SSSR count). The molecule has 17 heavy (non-hydrogen) atoms. The SMILES string of the molecule is CCC/C(C(=O)CC)=C(\C)c1ccccc1C. The normalized spacial score (nSPS) is 12.2. The second kappa shape index (κ2) is 6.39. The molecule has 1 aromatic carbocycles. The van der Waals surface area contributed by atoms with Gasteiger partial charge in [0, 0.05) is 6.42 Å². The van der Waals surface area contributed by atoms with Gasteiger partial charge in [-0.05, 0) is 42.5 Å². The van der Waals surface area contributed by atoms with E-state index in [1.165, 1.54) is 11.1 Å². The highest BCUT2D eigenvalue weighted by molar-refractivity contribution is 6.02. The van der Waals surface area contributed by atoms with Gasteiger partial charge in [0.25, 0.3) is 0 Å². The van der Waals surface area contributed by atoms with E-state index in [4.69, 9.17) is 0 Å². The van der Waals surface area contributed by atoms with Crippen LogP contribution in [-0.2, 0) is 4.79 Å². The maximum atomic E-state index is 12.0. The minimum Gasteiger partial charge on any atom is -0.295 e. The molecule has 0 bridgehead atoms. The lowest BCUT2D eigenvalue weighted by atomic mass is 9.92. The van der Waals surface area contributed by atoms with Gasteiger partial charge in [-0.15, -0.1) is 0 Å². The topological polar surface area (TPSA) is 17.1 Å². The maximum absolute atomic E-state index is 12.0. The minimum atomic E-state index is 0.285. The van der Waals surface area contributed by atoms with E-state index in [2.05, 4.69) is 32.9 Å². The number of hydrogen-bond acceptors (Lipinski definition) is 1. The van der Waals surface area contributed by atoms with Crippen molar-refractivity contribution in [2.75, 3.05) is 0 Å². The summed E-state index contributed by atoms with van der Waals surface area (Å²) in [5.74, 6) is 0.285. The summed E-state index contributed by atoms with van der Waals surface area (Å²) in [6, 6.07) is 8.27. The standard InChI is InChI=1S/C16H22O/c1-5-9-15(16(17)6-2)13(4)14-11-8-7-10-12(14)3/h7-8,10-11H,5-6,9H2,1-4H3/b15-13-. The van der Waals surface area contributed by atoms with Crippen molar-refractivity contribution in [2.45, 2.75) is 47.0 Å². The third kappa shape index (κ3) is 3.29.